The maximum atomic E-state index is 12.4. The van der Waals surface area contributed by atoms with E-state index in [4.69, 9.17) is 0 Å². The van der Waals surface area contributed by atoms with Crippen molar-refractivity contribution in [1.29, 1.82) is 0 Å². The molecule has 1 amide bonds. The normalized spacial score (nSPS) is 13.4. The summed E-state index contributed by atoms with van der Waals surface area (Å²) in [6.45, 7) is 4.47. The lowest BCUT2D eigenvalue weighted by Gasteiger charge is -2.23. The third-order valence-electron chi connectivity index (χ3n) is 8.06. The second kappa shape index (κ2) is 28.5. The molecule has 0 radical (unpaired) electrons. The second-order valence-corrected chi connectivity index (χ2v) is 13.7. The molecule has 40 heavy (non-hydrogen) atoms. The van der Waals surface area contributed by atoms with Crippen LogP contribution in [0.3, 0.4) is 0 Å². The highest BCUT2D eigenvalue weighted by Gasteiger charge is 2.26. The van der Waals surface area contributed by atoms with Crippen LogP contribution in [-0.4, -0.2) is 41.9 Å². The van der Waals surface area contributed by atoms with Crippen molar-refractivity contribution < 1.29 is 22.9 Å². The van der Waals surface area contributed by atoms with Crippen LogP contribution in [-0.2, 0) is 14.9 Å². The SMILES string of the molecule is CCCCCCCCCCCCCCCCCCCC(O)C(CS(=O)(=O)O)NC(=O)CCCCCCCCCC. The van der Waals surface area contributed by atoms with Crippen LogP contribution in [0.5, 0.6) is 0 Å². The Hall–Kier alpha value is -0.660. The van der Waals surface area contributed by atoms with Gasteiger partial charge in [-0.15, -0.1) is 0 Å². The standard InChI is InChI=1S/C33H67NO5S/c1-3-5-7-9-11-13-14-15-16-17-18-19-20-21-22-24-26-28-32(35)31(30-40(37,38)39)34-33(36)29-27-25-23-12-10-8-6-4-2/h31-32,35H,3-30H2,1-2H3,(H,34,36)(H,37,38,39). The number of amides is 1. The minimum Gasteiger partial charge on any atom is -0.391 e. The van der Waals surface area contributed by atoms with Gasteiger partial charge in [0.05, 0.1) is 17.9 Å². The van der Waals surface area contributed by atoms with Gasteiger partial charge in [-0.05, 0) is 12.8 Å². The molecule has 0 spiro atoms. The van der Waals surface area contributed by atoms with Crippen molar-refractivity contribution in [2.75, 3.05) is 5.75 Å². The van der Waals surface area contributed by atoms with Crippen molar-refractivity contribution in [3.63, 3.8) is 0 Å². The van der Waals surface area contributed by atoms with Crippen LogP contribution in [0, 0.1) is 0 Å². The molecule has 0 bridgehead atoms. The van der Waals surface area contributed by atoms with Crippen LogP contribution in [0.25, 0.3) is 0 Å². The van der Waals surface area contributed by atoms with Gasteiger partial charge in [0.25, 0.3) is 10.1 Å². The molecule has 0 aliphatic heterocycles. The highest BCUT2D eigenvalue weighted by molar-refractivity contribution is 7.85. The zero-order valence-electron chi connectivity index (χ0n) is 26.5. The van der Waals surface area contributed by atoms with E-state index in [1.54, 1.807) is 0 Å². The lowest BCUT2D eigenvalue weighted by atomic mass is 10.0. The Morgan fingerprint density at radius 3 is 1.25 bits per heavy atom. The largest absolute Gasteiger partial charge is 0.391 e. The molecule has 0 aromatic carbocycles. The molecular formula is C33H67NO5S. The monoisotopic (exact) mass is 589 g/mol. The first-order valence-corrected chi connectivity index (χ1v) is 18.8. The molecule has 6 nitrogen and oxygen atoms in total. The second-order valence-electron chi connectivity index (χ2n) is 12.2. The summed E-state index contributed by atoms with van der Waals surface area (Å²) < 4.78 is 32.2. The summed E-state index contributed by atoms with van der Waals surface area (Å²) in [5.41, 5.74) is 0. The zero-order chi connectivity index (χ0) is 29.7. The third-order valence-corrected chi connectivity index (χ3v) is 8.84. The Kier molecular flexibility index (Phi) is 28.0. The number of nitrogens with one attached hydrogen (secondary N) is 1. The minimum absolute atomic E-state index is 0.249. The number of carbonyl (C=O) groups is 1. The summed E-state index contributed by atoms with van der Waals surface area (Å²) in [5, 5.41) is 13.2. The van der Waals surface area contributed by atoms with Crippen LogP contribution in [0.2, 0.25) is 0 Å². The topological polar surface area (TPSA) is 104 Å². The van der Waals surface area contributed by atoms with Gasteiger partial charge in [-0.1, -0.05) is 168 Å². The van der Waals surface area contributed by atoms with E-state index in [1.807, 2.05) is 0 Å². The number of hydrogen-bond donors (Lipinski definition) is 3. The molecule has 0 aliphatic carbocycles. The van der Waals surface area contributed by atoms with Gasteiger partial charge in [-0.25, -0.2) is 0 Å². The van der Waals surface area contributed by atoms with Crippen LogP contribution in [0.1, 0.15) is 187 Å². The Morgan fingerprint density at radius 1 is 0.575 bits per heavy atom. The van der Waals surface area contributed by atoms with Gasteiger partial charge in [-0.3, -0.25) is 9.35 Å². The predicted molar refractivity (Wildman–Crippen MR) is 170 cm³/mol. The predicted octanol–water partition coefficient (Wildman–Crippen LogP) is 9.29. The van der Waals surface area contributed by atoms with Crippen molar-refractivity contribution in [2.45, 2.75) is 199 Å². The molecular weight excluding hydrogens is 522 g/mol. The Bertz CT molecular complexity index is 655. The molecule has 0 aliphatic rings. The molecule has 0 fully saturated rings. The van der Waals surface area contributed by atoms with Gasteiger partial charge in [-0.2, -0.15) is 8.42 Å². The van der Waals surface area contributed by atoms with E-state index in [1.165, 1.54) is 122 Å². The van der Waals surface area contributed by atoms with E-state index in [2.05, 4.69) is 19.2 Å². The lowest BCUT2D eigenvalue weighted by Crippen LogP contribution is -2.47. The third kappa shape index (κ3) is 28.9. The van der Waals surface area contributed by atoms with Gasteiger partial charge in [0, 0.05) is 6.42 Å². The minimum atomic E-state index is -4.29. The molecule has 0 aromatic heterocycles. The maximum Gasteiger partial charge on any atom is 0.266 e. The van der Waals surface area contributed by atoms with Gasteiger partial charge in [0.15, 0.2) is 0 Å². The lowest BCUT2D eigenvalue weighted by molar-refractivity contribution is -0.122. The fourth-order valence-corrected chi connectivity index (χ4v) is 6.21. The van der Waals surface area contributed by atoms with E-state index in [-0.39, 0.29) is 5.91 Å². The molecule has 2 atom stereocenters. The van der Waals surface area contributed by atoms with Crippen molar-refractivity contribution in [1.82, 2.24) is 5.32 Å². The smallest absolute Gasteiger partial charge is 0.266 e. The van der Waals surface area contributed by atoms with Gasteiger partial charge in [0.1, 0.15) is 0 Å². The maximum absolute atomic E-state index is 12.4. The summed E-state index contributed by atoms with van der Waals surface area (Å²) in [7, 11) is -4.29. The molecule has 0 saturated carbocycles. The quantitative estimate of drug-likeness (QED) is 0.0552. The van der Waals surface area contributed by atoms with Crippen molar-refractivity contribution in [3.8, 4) is 0 Å². The number of unbranched alkanes of at least 4 members (excludes halogenated alkanes) is 23. The number of aliphatic hydroxyl groups is 1. The van der Waals surface area contributed by atoms with Crippen LogP contribution < -0.4 is 5.32 Å². The molecule has 2 unspecified atom stereocenters. The van der Waals surface area contributed by atoms with Crippen molar-refractivity contribution >= 4 is 16.0 Å². The Labute approximate surface area is 249 Å². The van der Waals surface area contributed by atoms with E-state index in [0.29, 0.717) is 12.8 Å². The van der Waals surface area contributed by atoms with Crippen LogP contribution in [0.15, 0.2) is 0 Å². The highest BCUT2D eigenvalue weighted by atomic mass is 32.2. The summed E-state index contributed by atoms with van der Waals surface area (Å²) >= 11 is 0. The number of carbonyl (C=O) groups excluding carboxylic acids is 1. The fourth-order valence-electron chi connectivity index (χ4n) is 5.45. The average molecular weight is 590 g/mol. The van der Waals surface area contributed by atoms with Crippen LogP contribution >= 0.6 is 0 Å². The Balaban J connectivity index is 3.86. The number of hydrogen-bond acceptors (Lipinski definition) is 4. The van der Waals surface area contributed by atoms with Crippen LogP contribution in [0.4, 0.5) is 0 Å². The summed E-state index contributed by atoms with van der Waals surface area (Å²) in [4.78, 5) is 12.4. The summed E-state index contributed by atoms with van der Waals surface area (Å²) in [5.74, 6) is -0.892. The molecule has 7 heteroatoms. The van der Waals surface area contributed by atoms with Gasteiger partial charge < -0.3 is 10.4 Å². The molecule has 0 rings (SSSR count). The fraction of sp³-hybridized carbons (Fsp3) is 0.970. The van der Waals surface area contributed by atoms with E-state index >= 15 is 0 Å². The van der Waals surface area contributed by atoms with E-state index in [9.17, 15) is 22.9 Å². The van der Waals surface area contributed by atoms with E-state index in [0.717, 1.165) is 38.5 Å². The molecule has 0 heterocycles. The highest BCUT2D eigenvalue weighted by Crippen LogP contribution is 2.16. The first kappa shape index (κ1) is 39.3. The summed E-state index contributed by atoms with van der Waals surface area (Å²) in [6.07, 6.45) is 30.6. The first-order chi connectivity index (χ1) is 19.3. The Morgan fingerprint density at radius 2 is 0.900 bits per heavy atom. The zero-order valence-corrected chi connectivity index (χ0v) is 27.3. The number of aliphatic hydroxyl groups excluding tert-OH is 1. The van der Waals surface area contributed by atoms with Crippen molar-refractivity contribution in [2.24, 2.45) is 0 Å². The molecule has 240 valence electrons. The summed E-state index contributed by atoms with van der Waals surface area (Å²) in [6, 6.07) is -0.961. The molecule has 3 N–H and O–H groups in total. The van der Waals surface area contributed by atoms with Crippen molar-refractivity contribution in [3.05, 3.63) is 0 Å². The van der Waals surface area contributed by atoms with Gasteiger partial charge >= 0.3 is 0 Å². The molecule has 0 aromatic rings. The van der Waals surface area contributed by atoms with E-state index < -0.39 is 28.0 Å². The molecule has 0 saturated heterocycles. The number of rotatable bonds is 31. The average Bonchev–Trinajstić information content (AvgIpc) is 2.90. The van der Waals surface area contributed by atoms with Gasteiger partial charge in [0.2, 0.25) is 5.91 Å². The first-order valence-electron chi connectivity index (χ1n) is 17.2.